The number of hydrogen-bond donors (Lipinski definition) is 0. The molecule has 1 rings (SSSR count). The molecule has 0 bridgehead atoms. The molecule has 0 radical (unpaired) electrons. The van der Waals surface area contributed by atoms with Crippen molar-refractivity contribution in [2.75, 3.05) is 6.61 Å². The van der Waals surface area contributed by atoms with Crippen LogP contribution >= 0.6 is 0 Å². The summed E-state index contributed by atoms with van der Waals surface area (Å²) in [6.45, 7) is 22.0. The molecule has 0 saturated carbocycles. The van der Waals surface area contributed by atoms with Crippen molar-refractivity contribution < 1.29 is 22.4 Å². The van der Waals surface area contributed by atoms with Crippen LogP contribution < -0.4 is 0 Å². The van der Waals surface area contributed by atoms with Crippen LogP contribution in [0.2, 0.25) is 18.1 Å². The summed E-state index contributed by atoms with van der Waals surface area (Å²) in [5, 5.41) is 0.0789. The number of carbonyl (C=O) groups is 1. The largest absolute Gasteiger partial charge is 0.465 e. The number of benzene rings is 1. The van der Waals surface area contributed by atoms with Crippen LogP contribution in [-0.2, 0) is 24.0 Å². The van der Waals surface area contributed by atoms with Gasteiger partial charge in [-0.2, -0.15) is 4.31 Å². The maximum Gasteiger partial charge on any atom is 0.324 e. The Morgan fingerprint density at radius 3 is 2.09 bits per heavy atom. The highest BCUT2D eigenvalue weighted by Gasteiger charge is 2.40. The Kier molecular flexibility index (Phi) is 9.90. The predicted octanol–water partition coefficient (Wildman–Crippen LogP) is 5.68. The lowest BCUT2D eigenvalue weighted by molar-refractivity contribution is -0.148. The third kappa shape index (κ3) is 6.76. The molecule has 0 aromatic heterocycles. The molecule has 0 aliphatic rings. The molecular weight excluding hydrogens is 442 g/mol. The molecule has 1 aromatic rings. The second kappa shape index (κ2) is 11.1. The van der Waals surface area contributed by atoms with Gasteiger partial charge >= 0.3 is 5.97 Å². The monoisotopic (exact) mass is 483 g/mol. The van der Waals surface area contributed by atoms with Crippen molar-refractivity contribution in [3.63, 3.8) is 0 Å². The summed E-state index contributed by atoms with van der Waals surface area (Å²) in [6, 6.07) is 5.35. The van der Waals surface area contributed by atoms with Crippen molar-refractivity contribution in [1.82, 2.24) is 4.31 Å². The molecule has 0 aliphatic carbocycles. The van der Waals surface area contributed by atoms with Crippen molar-refractivity contribution in [2.45, 2.75) is 96.1 Å². The first kappa shape index (κ1) is 28.5. The lowest BCUT2D eigenvalue weighted by atomic mass is 10.1. The third-order valence-electron chi connectivity index (χ3n) is 5.97. The van der Waals surface area contributed by atoms with Gasteiger partial charge in [-0.1, -0.05) is 39.0 Å². The van der Waals surface area contributed by atoms with Gasteiger partial charge in [0.25, 0.3) is 0 Å². The van der Waals surface area contributed by atoms with Crippen LogP contribution in [0.1, 0.15) is 66.6 Å². The minimum atomic E-state index is -3.93. The Labute approximate surface area is 196 Å². The van der Waals surface area contributed by atoms with Crippen LogP contribution in [0.25, 0.3) is 0 Å². The van der Waals surface area contributed by atoms with Crippen LogP contribution in [-0.4, -0.2) is 45.7 Å². The van der Waals surface area contributed by atoms with Crippen molar-refractivity contribution >= 4 is 24.3 Å². The van der Waals surface area contributed by atoms with Gasteiger partial charge in [-0.05, 0) is 69.9 Å². The van der Waals surface area contributed by atoms with Gasteiger partial charge in [-0.3, -0.25) is 4.79 Å². The molecule has 0 heterocycles. The van der Waals surface area contributed by atoms with Crippen LogP contribution in [0.5, 0.6) is 0 Å². The van der Waals surface area contributed by atoms with Crippen molar-refractivity contribution in [1.29, 1.82) is 0 Å². The van der Waals surface area contributed by atoms with E-state index in [1.807, 2.05) is 6.92 Å². The van der Waals surface area contributed by atoms with E-state index < -0.39 is 36.4 Å². The fourth-order valence-electron chi connectivity index (χ4n) is 3.22. The lowest BCUT2D eigenvalue weighted by Crippen LogP contribution is -2.49. The highest BCUT2D eigenvalue weighted by atomic mass is 32.2. The van der Waals surface area contributed by atoms with Gasteiger partial charge < -0.3 is 9.16 Å². The molecule has 8 heteroatoms. The average Bonchev–Trinajstić information content (AvgIpc) is 2.66. The molecular formula is C24H41NO5SSi. The summed E-state index contributed by atoms with van der Waals surface area (Å²) in [4.78, 5) is 12.7. The molecule has 0 N–H and O–H groups in total. The van der Waals surface area contributed by atoms with E-state index in [1.54, 1.807) is 45.0 Å². The SMILES string of the molecule is C=CC[C@@H](C(=O)OCC)N(C(C)C)S(=O)(=O)c1ccc(C(C)O[Si](C)(C)C(C)(C)C)cc1. The lowest BCUT2D eigenvalue weighted by Gasteiger charge is -2.38. The molecule has 32 heavy (non-hydrogen) atoms. The summed E-state index contributed by atoms with van der Waals surface area (Å²) in [5.74, 6) is -0.572. The minimum absolute atomic E-state index is 0.0789. The number of rotatable bonds is 11. The third-order valence-corrected chi connectivity index (χ3v) is 12.6. The van der Waals surface area contributed by atoms with E-state index >= 15 is 0 Å². The van der Waals surface area contributed by atoms with Crippen molar-refractivity contribution in [3.8, 4) is 0 Å². The average molecular weight is 484 g/mol. The Morgan fingerprint density at radius 1 is 1.16 bits per heavy atom. The topological polar surface area (TPSA) is 72.9 Å². The Bertz CT molecular complexity index is 873. The summed E-state index contributed by atoms with van der Waals surface area (Å²) >= 11 is 0. The molecule has 0 amide bonds. The fourth-order valence-corrected chi connectivity index (χ4v) is 6.38. The van der Waals surface area contributed by atoms with E-state index in [2.05, 4.69) is 40.4 Å². The van der Waals surface area contributed by atoms with Gasteiger partial charge in [0.1, 0.15) is 6.04 Å². The number of sulfonamides is 1. The van der Waals surface area contributed by atoms with E-state index in [-0.39, 0.29) is 29.1 Å². The van der Waals surface area contributed by atoms with E-state index in [0.717, 1.165) is 5.56 Å². The number of carbonyl (C=O) groups excluding carboxylic acids is 1. The molecule has 0 spiro atoms. The highest BCUT2D eigenvalue weighted by Crippen LogP contribution is 2.39. The zero-order chi connectivity index (χ0) is 24.9. The van der Waals surface area contributed by atoms with Gasteiger partial charge in [0, 0.05) is 6.04 Å². The van der Waals surface area contributed by atoms with E-state index in [1.165, 1.54) is 10.4 Å². The molecule has 2 atom stereocenters. The van der Waals surface area contributed by atoms with Crippen molar-refractivity contribution in [2.24, 2.45) is 0 Å². The number of ether oxygens (including phenoxy) is 1. The smallest absolute Gasteiger partial charge is 0.324 e. The standard InChI is InChI=1S/C24H41NO5SSi/c1-11-13-22(23(26)29-12-2)25(18(3)4)31(27,28)21-16-14-20(15-17-21)19(5)30-32(9,10)24(6,7)8/h11,14-19,22H,1,12-13H2,2-10H3/t19?,22-/m0/s1. The second-order valence-electron chi connectivity index (χ2n) is 9.81. The van der Waals surface area contributed by atoms with Gasteiger partial charge in [0.15, 0.2) is 8.32 Å². The first-order chi connectivity index (χ1) is 14.6. The minimum Gasteiger partial charge on any atom is -0.465 e. The van der Waals surface area contributed by atoms with Gasteiger partial charge in [-0.25, -0.2) is 8.42 Å². The van der Waals surface area contributed by atoms with Gasteiger partial charge in [0.2, 0.25) is 10.0 Å². The molecule has 1 aromatic carbocycles. The summed E-state index contributed by atoms with van der Waals surface area (Å²) in [5.41, 5.74) is 0.915. The molecule has 6 nitrogen and oxygen atoms in total. The zero-order valence-electron chi connectivity index (χ0n) is 21.1. The summed E-state index contributed by atoms with van der Waals surface area (Å²) in [6.07, 6.45) is 1.56. The second-order valence-corrected chi connectivity index (χ2v) is 16.4. The maximum absolute atomic E-state index is 13.5. The number of hydrogen-bond acceptors (Lipinski definition) is 5. The van der Waals surface area contributed by atoms with Crippen LogP contribution in [0.4, 0.5) is 0 Å². The zero-order valence-corrected chi connectivity index (χ0v) is 23.0. The Morgan fingerprint density at radius 2 is 1.69 bits per heavy atom. The first-order valence-electron chi connectivity index (χ1n) is 11.2. The van der Waals surface area contributed by atoms with E-state index in [9.17, 15) is 13.2 Å². The van der Waals surface area contributed by atoms with Crippen LogP contribution in [0.15, 0.2) is 41.8 Å². The number of nitrogens with zero attached hydrogens (tertiary/aromatic N) is 1. The summed E-state index contributed by atoms with van der Waals surface area (Å²) < 4.78 is 39.8. The highest BCUT2D eigenvalue weighted by molar-refractivity contribution is 7.89. The normalized spacial score (nSPS) is 15.0. The van der Waals surface area contributed by atoms with Crippen molar-refractivity contribution in [3.05, 3.63) is 42.5 Å². The molecule has 1 unspecified atom stereocenters. The quantitative estimate of drug-likeness (QED) is 0.230. The van der Waals surface area contributed by atoms with Crippen LogP contribution in [0.3, 0.4) is 0 Å². The molecule has 0 fully saturated rings. The Hall–Kier alpha value is -1.48. The Balaban J connectivity index is 3.27. The number of esters is 1. The van der Waals surface area contributed by atoms with E-state index in [4.69, 9.17) is 9.16 Å². The predicted molar refractivity (Wildman–Crippen MR) is 133 cm³/mol. The van der Waals surface area contributed by atoms with Gasteiger partial charge in [-0.15, -0.1) is 6.58 Å². The molecule has 182 valence electrons. The molecule has 0 saturated heterocycles. The first-order valence-corrected chi connectivity index (χ1v) is 15.5. The fraction of sp³-hybridized carbons (Fsp3) is 0.625. The van der Waals surface area contributed by atoms with Crippen LogP contribution in [0, 0.1) is 0 Å². The van der Waals surface area contributed by atoms with Gasteiger partial charge in [0.05, 0.1) is 17.6 Å². The maximum atomic E-state index is 13.5. The molecule has 0 aliphatic heterocycles. The van der Waals surface area contributed by atoms with E-state index in [0.29, 0.717) is 0 Å². The summed E-state index contributed by atoms with van der Waals surface area (Å²) in [7, 11) is -5.90.